The number of carbonyl (C=O) groups is 1. The number of hydrogen-bond acceptors (Lipinski definition) is 4. The summed E-state index contributed by atoms with van der Waals surface area (Å²) in [5.74, 6) is 0.899. The summed E-state index contributed by atoms with van der Waals surface area (Å²) in [5.41, 5.74) is 3.17. The Morgan fingerprint density at radius 2 is 1.96 bits per heavy atom. The van der Waals surface area contributed by atoms with Crippen LogP contribution in [0.25, 0.3) is 0 Å². The van der Waals surface area contributed by atoms with E-state index in [0.717, 1.165) is 34.9 Å². The van der Waals surface area contributed by atoms with Gasteiger partial charge in [0.2, 0.25) is 5.91 Å². The monoisotopic (exact) mass is 383 g/mol. The van der Waals surface area contributed by atoms with Crippen LogP contribution in [-0.4, -0.2) is 28.4 Å². The van der Waals surface area contributed by atoms with E-state index < -0.39 is 0 Å². The van der Waals surface area contributed by atoms with Gasteiger partial charge >= 0.3 is 0 Å². The van der Waals surface area contributed by atoms with Crippen LogP contribution in [0.3, 0.4) is 0 Å². The highest BCUT2D eigenvalue weighted by Crippen LogP contribution is 2.36. The van der Waals surface area contributed by atoms with E-state index in [2.05, 4.69) is 15.6 Å². The van der Waals surface area contributed by atoms with Gasteiger partial charge in [-0.3, -0.25) is 9.69 Å². The molecule has 1 N–H and O–H groups in total. The number of carbonyl (C=O) groups excluding carboxylic acids is 1. The van der Waals surface area contributed by atoms with Gasteiger partial charge < -0.3 is 5.32 Å². The van der Waals surface area contributed by atoms with E-state index in [9.17, 15) is 4.79 Å². The highest BCUT2D eigenvalue weighted by Gasteiger charge is 2.33. The Morgan fingerprint density at radius 1 is 1.19 bits per heavy atom. The van der Waals surface area contributed by atoms with Gasteiger partial charge in [0.15, 0.2) is 0 Å². The number of anilines is 1. The summed E-state index contributed by atoms with van der Waals surface area (Å²) in [6.07, 6.45) is 8.61. The second kappa shape index (κ2) is 8.53. The molecule has 2 aromatic rings. The molecule has 1 saturated carbocycles. The molecule has 1 amide bonds. The van der Waals surface area contributed by atoms with Gasteiger partial charge in [-0.15, -0.1) is 11.3 Å². The molecule has 144 valence electrons. The number of nitrogens with one attached hydrogen (secondary N) is 1. The highest BCUT2D eigenvalue weighted by atomic mass is 32.1. The smallest absolute Gasteiger partial charge is 0.231 e. The Labute approximate surface area is 166 Å². The molecule has 1 aromatic carbocycles. The predicted octanol–water partition coefficient (Wildman–Crippen LogP) is 4.79. The molecule has 1 aromatic heterocycles. The molecule has 1 saturated heterocycles. The topological polar surface area (TPSA) is 45.2 Å². The molecule has 4 nitrogen and oxygen atoms in total. The van der Waals surface area contributed by atoms with Crippen LogP contribution in [0.2, 0.25) is 0 Å². The number of thiazole rings is 1. The lowest BCUT2D eigenvalue weighted by Crippen LogP contribution is -2.46. The van der Waals surface area contributed by atoms with Crippen molar-refractivity contribution in [2.75, 3.05) is 11.9 Å². The number of piperidine rings is 1. The van der Waals surface area contributed by atoms with Gasteiger partial charge in [0.05, 0.1) is 12.1 Å². The van der Waals surface area contributed by atoms with E-state index in [-0.39, 0.29) is 5.91 Å². The summed E-state index contributed by atoms with van der Waals surface area (Å²) in [5, 5.41) is 6.01. The summed E-state index contributed by atoms with van der Waals surface area (Å²) in [4.78, 5) is 19.7. The molecular weight excluding hydrogens is 354 g/mol. The van der Waals surface area contributed by atoms with E-state index in [0.29, 0.717) is 6.42 Å². The molecule has 0 unspecified atom stereocenters. The fraction of sp³-hybridized carbons (Fsp3) is 0.545. The second-order valence-corrected chi connectivity index (χ2v) is 8.99. The fourth-order valence-electron chi connectivity index (χ4n) is 4.61. The second-order valence-electron chi connectivity index (χ2n) is 8.05. The lowest BCUT2D eigenvalue weighted by molar-refractivity contribution is -0.115. The van der Waals surface area contributed by atoms with E-state index >= 15 is 0 Å². The van der Waals surface area contributed by atoms with Crippen molar-refractivity contribution in [3.8, 4) is 0 Å². The van der Waals surface area contributed by atoms with Crippen molar-refractivity contribution in [3.63, 3.8) is 0 Å². The Balaban J connectivity index is 1.32. The van der Waals surface area contributed by atoms with Gasteiger partial charge in [0.1, 0.15) is 5.01 Å². The average Bonchev–Trinajstić information content (AvgIpc) is 3.10. The first-order chi connectivity index (χ1) is 13.2. The molecule has 0 radical (unpaired) electrons. The van der Waals surface area contributed by atoms with E-state index in [1.807, 2.05) is 31.2 Å². The molecule has 5 heteroatoms. The van der Waals surface area contributed by atoms with Crippen molar-refractivity contribution in [3.05, 3.63) is 45.9 Å². The Bertz CT molecular complexity index is 768. The first kappa shape index (κ1) is 18.6. The SMILES string of the molecule is Cc1ccc(NC(=O)Cc2nc(CN3CCC[C@@H]4CCCC[C@@H]43)cs2)cc1. The number of benzene rings is 1. The van der Waals surface area contributed by atoms with E-state index in [4.69, 9.17) is 4.98 Å². The van der Waals surface area contributed by atoms with Crippen molar-refractivity contribution in [1.29, 1.82) is 0 Å². The third kappa shape index (κ3) is 4.77. The van der Waals surface area contributed by atoms with Gasteiger partial charge in [0, 0.05) is 23.7 Å². The van der Waals surface area contributed by atoms with Crippen LogP contribution in [0.15, 0.2) is 29.6 Å². The van der Waals surface area contributed by atoms with Crippen LogP contribution >= 0.6 is 11.3 Å². The maximum Gasteiger partial charge on any atom is 0.231 e. The summed E-state index contributed by atoms with van der Waals surface area (Å²) < 4.78 is 0. The standard InChI is InChI=1S/C22H29N3OS/c1-16-8-10-18(11-9-16)23-21(26)13-22-24-19(15-27-22)14-25-12-4-6-17-5-2-3-7-20(17)25/h8-11,15,17,20H,2-7,12-14H2,1H3,(H,23,26)/t17-,20-/m0/s1. The molecule has 0 bridgehead atoms. The van der Waals surface area contributed by atoms with Crippen LogP contribution in [0.4, 0.5) is 5.69 Å². The van der Waals surface area contributed by atoms with Crippen molar-refractivity contribution >= 4 is 22.9 Å². The third-order valence-electron chi connectivity index (χ3n) is 5.97. The molecule has 1 aliphatic carbocycles. The molecular formula is C22H29N3OS. The quantitative estimate of drug-likeness (QED) is 0.807. The number of likely N-dealkylation sites (tertiary alicyclic amines) is 1. The zero-order valence-electron chi connectivity index (χ0n) is 16.1. The lowest BCUT2D eigenvalue weighted by atomic mass is 9.78. The zero-order valence-corrected chi connectivity index (χ0v) is 16.9. The van der Waals surface area contributed by atoms with Gasteiger partial charge in [-0.25, -0.2) is 4.98 Å². The lowest BCUT2D eigenvalue weighted by Gasteiger charge is -2.44. The minimum absolute atomic E-state index is 0.00469. The molecule has 2 fully saturated rings. The number of amides is 1. The Hall–Kier alpha value is -1.72. The maximum atomic E-state index is 12.3. The summed E-state index contributed by atoms with van der Waals surface area (Å²) in [6.45, 7) is 4.18. The number of aromatic nitrogens is 1. The Morgan fingerprint density at radius 3 is 2.81 bits per heavy atom. The molecule has 4 rings (SSSR count). The first-order valence-electron chi connectivity index (χ1n) is 10.2. The van der Waals surface area contributed by atoms with E-state index in [1.165, 1.54) is 50.6 Å². The number of hydrogen-bond donors (Lipinski definition) is 1. The van der Waals surface area contributed by atoms with E-state index in [1.54, 1.807) is 11.3 Å². The van der Waals surface area contributed by atoms with Crippen LogP contribution in [0, 0.1) is 12.8 Å². The molecule has 0 spiro atoms. The summed E-state index contributed by atoms with van der Waals surface area (Å²) in [6, 6.07) is 8.65. The van der Waals surface area contributed by atoms with Gasteiger partial charge in [-0.1, -0.05) is 30.5 Å². The number of fused-ring (bicyclic) bond motifs is 1. The number of aryl methyl sites for hydroxylation is 1. The first-order valence-corrected chi connectivity index (χ1v) is 11.1. The molecule has 2 aliphatic rings. The molecule has 27 heavy (non-hydrogen) atoms. The van der Waals surface area contributed by atoms with Crippen molar-refractivity contribution in [1.82, 2.24) is 9.88 Å². The molecule has 2 heterocycles. The largest absolute Gasteiger partial charge is 0.326 e. The summed E-state index contributed by atoms with van der Waals surface area (Å²) >= 11 is 1.61. The van der Waals surface area contributed by atoms with Crippen molar-refractivity contribution < 1.29 is 4.79 Å². The Kier molecular flexibility index (Phi) is 5.89. The maximum absolute atomic E-state index is 12.3. The van der Waals surface area contributed by atoms with Gasteiger partial charge in [-0.05, 0) is 57.2 Å². The summed E-state index contributed by atoms with van der Waals surface area (Å²) in [7, 11) is 0. The predicted molar refractivity (Wildman–Crippen MR) is 111 cm³/mol. The zero-order chi connectivity index (χ0) is 18.6. The fourth-order valence-corrected chi connectivity index (χ4v) is 5.40. The van der Waals surface area contributed by atoms with Crippen LogP contribution in [0.5, 0.6) is 0 Å². The van der Waals surface area contributed by atoms with Crippen LogP contribution < -0.4 is 5.32 Å². The number of nitrogens with zero attached hydrogens (tertiary/aromatic N) is 2. The molecule has 2 atom stereocenters. The minimum Gasteiger partial charge on any atom is -0.326 e. The van der Waals surface area contributed by atoms with Crippen molar-refractivity contribution in [2.24, 2.45) is 5.92 Å². The van der Waals surface area contributed by atoms with Gasteiger partial charge in [-0.2, -0.15) is 0 Å². The number of rotatable bonds is 5. The van der Waals surface area contributed by atoms with Crippen LogP contribution in [-0.2, 0) is 17.8 Å². The van der Waals surface area contributed by atoms with Crippen LogP contribution in [0.1, 0.15) is 54.8 Å². The normalized spacial score (nSPS) is 23.0. The minimum atomic E-state index is 0.00469. The van der Waals surface area contributed by atoms with Gasteiger partial charge in [0.25, 0.3) is 0 Å². The highest BCUT2D eigenvalue weighted by molar-refractivity contribution is 7.09. The third-order valence-corrected chi connectivity index (χ3v) is 6.87. The average molecular weight is 384 g/mol. The van der Waals surface area contributed by atoms with Crippen molar-refractivity contribution in [2.45, 2.75) is 64.5 Å². The molecule has 1 aliphatic heterocycles.